The van der Waals surface area contributed by atoms with Gasteiger partial charge in [-0.1, -0.05) is 12.1 Å². The molecule has 0 bridgehead atoms. The maximum atomic E-state index is 12.6. The number of hydrogen-bond donors (Lipinski definition) is 0. The summed E-state index contributed by atoms with van der Waals surface area (Å²) in [4.78, 5) is 14.3. The van der Waals surface area contributed by atoms with E-state index in [1.54, 1.807) is 20.1 Å². The van der Waals surface area contributed by atoms with Crippen LogP contribution in [0, 0.1) is 5.41 Å². The van der Waals surface area contributed by atoms with Crippen molar-refractivity contribution in [2.24, 2.45) is 5.41 Å². The van der Waals surface area contributed by atoms with Crippen molar-refractivity contribution in [2.45, 2.75) is 37.8 Å². The van der Waals surface area contributed by atoms with Gasteiger partial charge in [0, 0.05) is 18.6 Å². The van der Waals surface area contributed by atoms with Crippen molar-refractivity contribution in [1.29, 1.82) is 0 Å². The Hall–Kier alpha value is -1.78. The molecule has 1 aliphatic heterocycles. The molecule has 2 fully saturated rings. The van der Waals surface area contributed by atoms with Gasteiger partial charge in [0.15, 0.2) is 0 Å². The zero-order valence-corrected chi connectivity index (χ0v) is 18.0. The second-order valence-electron chi connectivity index (χ2n) is 8.18. The van der Waals surface area contributed by atoms with E-state index in [1.165, 1.54) is 0 Å². The molecule has 2 atom stereocenters. The van der Waals surface area contributed by atoms with E-state index in [9.17, 15) is 13.2 Å². The summed E-state index contributed by atoms with van der Waals surface area (Å²) in [5.74, 6) is 0.761. The number of benzene rings is 1. The largest absolute Gasteiger partial charge is 0.497 e. The highest BCUT2D eigenvalue weighted by Crippen LogP contribution is 2.47. The molecule has 2 aliphatic rings. The van der Waals surface area contributed by atoms with Crippen LogP contribution in [0.1, 0.15) is 31.2 Å². The Kier molecular flexibility index (Phi) is 6.45. The van der Waals surface area contributed by atoms with Gasteiger partial charge in [0.25, 0.3) is 18.2 Å². The fraction of sp³-hybridized carbons (Fsp3) is 0.632. The second-order valence-corrected chi connectivity index (χ2v) is 9.83. The number of amides is 1. The van der Waals surface area contributed by atoms with Gasteiger partial charge in [-0.3, -0.25) is 9.08 Å². The maximum Gasteiger partial charge on any atom is 0.410 e. The normalized spacial score (nSPS) is 27.2. The monoisotopic (exact) mass is 425 g/mol. The minimum atomic E-state index is -3.57. The van der Waals surface area contributed by atoms with Crippen LogP contribution in [-0.4, -0.2) is 66.2 Å². The van der Waals surface area contributed by atoms with Gasteiger partial charge in [-0.2, -0.15) is 8.42 Å². The molecule has 10 heteroatoms. The first-order valence-electron chi connectivity index (χ1n) is 9.62. The van der Waals surface area contributed by atoms with Crippen molar-refractivity contribution in [3.05, 3.63) is 29.8 Å². The Balaban J connectivity index is 1.72. The van der Waals surface area contributed by atoms with E-state index in [2.05, 4.69) is 0 Å². The molecule has 1 saturated heterocycles. The van der Waals surface area contributed by atoms with Crippen LogP contribution >= 0.6 is 0 Å². The van der Waals surface area contributed by atoms with Crippen molar-refractivity contribution >= 4 is 24.3 Å². The molecule has 1 aromatic rings. The SMILES string of the molecule is BOCC1(COS(C)(=O)=O)CCCC2(CN(Cc3ccc(OC)cc3)C(=O)O2)C1. The molecule has 0 N–H and O–H groups in total. The summed E-state index contributed by atoms with van der Waals surface area (Å²) in [6.45, 7) is 1.28. The van der Waals surface area contributed by atoms with E-state index in [-0.39, 0.29) is 12.7 Å². The van der Waals surface area contributed by atoms with Gasteiger partial charge >= 0.3 is 6.09 Å². The number of rotatable bonds is 8. The highest BCUT2D eigenvalue weighted by atomic mass is 32.2. The van der Waals surface area contributed by atoms with E-state index < -0.39 is 21.1 Å². The molecule has 1 aliphatic carbocycles. The number of carbonyl (C=O) groups is 1. The summed E-state index contributed by atoms with van der Waals surface area (Å²) in [5.41, 5.74) is -0.174. The third-order valence-corrected chi connectivity index (χ3v) is 6.19. The fourth-order valence-electron chi connectivity index (χ4n) is 4.46. The van der Waals surface area contributed by atoms with Crippen molar-refractivity contribution in [2.75, 3.05) is 33.1 Å². The molecule has 0 aromatic heterocycles. The lowest BCUT2D eigenvalue weighted by Gasteiger charge is -2.44. The molecule has 3 rings (SSSR count). The first kappa shape index (κ1) is 21.9. The second kappa shape index (κ2) is 8.53. The smallest absolute Gasteiger partial charge is 0.410 e. The number of hydrogen-bond acceptors (Lipinski definition) is 7. The molecule has 0 radical (unpaired) electrons. The topological polar surface area (TPSA) is 91.4 Å². The van der Waals surface area contributed by atoms with Crippen molar-refractivity contribution in [3.8, 4) is 5.75 Å². The van der Waals surface area contributed by atoms with Crippen LogP contribution in [0.25, 0.3) is 0 Å². The molecule has 160 valence electrons. The van der Waals surface area contributed by atoms with E-state index in [1.807, 2.05) is 24.3 Å². The lowest BCUT2D eigenvalue weighted by molar-refractivity contribution is -0.0592. The summed E-state index contributed by atoms with van der Waals surface area (Å²) < 4.78 is 44.6. The fourth-order valence-corrected chi connectivity index (χ4v) is 4.92. The lowest BCUT2D eigenvalue weighted by Crippen LogP contribution is -2.48. The van der Waals surface area contributed by atoms with Crippen molar-refractivity contribution in [1.82, 2.24) is 4.90 Å². The molecule has 2 unspecified atom stereocenters. The molecular formula is C19H28BNO7S. The Morgan fingerprint density at radius 2 is 1.93 bits per heavy atom. The first-order chi connectivity index (χ1) is 13.7. The van der Waals surface area contributed by atoms with Crippen LogP contribution < -0.4 is 4.74 Å². The van der Waals surface area contributed by atoms with Gasteiger partial charge in [-0.05, 0) is 43.4 Å². The van der Waals surface area contributed by atoms with E-state index in [0.29, 0.717) is 26.1 Å². The maximum absolute atomic E-state index is 12.6. The van der Waals surface area contributed by atoms with Crippen LogP contribution in [0.4, 0.5) is 4.79 Å². The highest BCUT2D eigenvalue weighted by Gasteiger charge is 2.53. The number of ether oxygens (including phenoxy) is 2. The van der Waals surface area contributed by atoms with Gasteiger partial charge in [0.05, 0.1) is 26.5 Å². The predicted octanol–water partition coefficient (Wildman–Crippen LogP) is 1.49. The highest BCUT2D eigenvalue weighted by molar-refractivity contribution is 7.85. The zero-order chi connectivity index (χ0) is 21.1. The number of methoxy groups -OCH3 is 1. The van der Waals surface area contributed by atoms with Gasteiger partial charge in [0.1, 0.15) is 11.4 Å². The first-order valence-corrected chi connectivity index (χ1v) is 11.4. The van der Waals surface area contributed by atoms with E-state index >= 15 is 0 Å². The molecule has 1 spiro atoms. The zero-order valence-electron chi connectivity index (χ0n) is 17.2. The minimum Gasteiger partial charge on any atom is -0.497 e. The Bertz CT molecular complexity index is 827. The van der Waals surface area contributed by atoms with E-state index in [4.69, 9.17) is 18.3 Å². The molecule has 1 heterocycles. The van der Waals surface area contributed by atoms with Crippen LogP contribution in [0.2, 0.25) is 0 Å². The Morgan fingerprint density at radius 3 is 2.55 bits per heavy atom. The van der Waals surface area contributed by atoms with Gasteiger partial charge in [0.2, 0.25) is 0 Å². The molecule has 1 saturated carbocycles. The summed E-state index contributed by atoms with van der Waals surface area (Å²) in [5, 5.41) is 0. The number of nitrogens with zero attached hydrogens (tertiary/aromatic N) is 1. The van der Waals surface area contributed by atoms with Gasteiger partial charge in [-0.15, -0.1) is 0 Å². The van der Waals surface area contributed by atoms with Crippen LogP contribution in [0.5, 0.6) is 5.75 Å². The lowest BCUT2D eigenvalue weighted by atomic mass is 9.68. The van der Waals surface area contributed by atoms with Gasteiger partial charge < -0.3 is 14.1 Å². The standard InChI is InChI=1S/C19H28BNO7S/c1-25-16-6-4-15(5-7-16)10-21-12-19(28-17(21)22)9-3-8-18(11-19,13-26-20)14-27-29(2,23)24/h4-7H,3,8-14,20H2,1-2H3. The van der Waals surface area contributed by atoms with Gasteiger partial charge in [-0.25, -0.2) is 4.79 Å². The Morgan fingerprint density at radius 1 is 1.21 bits per heavy atom. The average molecular weight is 425 g/mol. The summed E-state index contributed by atoms with van der Waals surface area (Å²) in [7, 11) is -0.373. The van der Waals surface area contributed by atoms with Crippen LogP contribution in [0.15, 0.2) is 24.3 Å². The minimum absolute atomic E-state index is 0.0253. The third-order valence-electron chi connectivity index (χ3n) is 5.64. The third kappa shape index (κ3) is 5.43. The average Bonchev–Trinajstić information content (AvgIpc) is 2.95. The Labute approximate surface area is 173 Å². The van der Waals surface area contributed by atoms with Crippen LogP contribution in [-0.2, 0) is 30.2 Å². The summed E-state index contributed by atoms with van der Waals surface area (Å²) in [6, 6.07) is 7.57. The molecule has 1 aromatic carbocycles. The summed E-state index contributed by atoms with van der Waals surface area (Å²) in [6.07, 6.45) is 3.50. The van der Waals surface area contributed by atoms with Crippen molar-refractivity contribution in [3.63, 3.8) is 0 Å². The van der Waals surface area contributed by atoms with E-state index in [0.717, 1.165) is 36.8 Å². The molecule has 8 nitrogen and oxygen atoms in total. The molecular weight excluding hydrogens is 397 g/mol. The number of carbonyl (C=O) groups excluding carboxylic acids is 1. The van der Waals surface area contributed by atoms with Crippen molar-refractivity contribution < 1.29 is 31.5 Å². The molecule has 1 amide bonds. The quantitative estimate of drug-likeness (QED) is 0.460. The summed E-state index contributed by atoms with van der Waals surface area (Å²) >= 11 is 0. The molecule has 29 heavy (non-hydrogen) atoms. The van der Waals surface area contributed by atoms with Crippen LogP contribution in [0.3, 0.4) is 0 Å². The predicted molar refractivity (Wildman–Crippen MR) is 109 cm³/mol.